The molecule has 4 aromatic rings. The number of hydrogen-bond acceptors (Lipinski definition) is 7. The van der Waals surface area contributed by atoms with Crippen molar-refractivity contribution in [1.29, 1.82) is 0 Å². The Morgan fingerprint density at radius 1 is 0.741 bits per heavy atom. The summed E-state index contributed by atoms with van der Waals surface area (Å²) in [5.41, 5.74) is -5.29. The quantitative estimate of drug-likeness (QED) is 0.118. The van der Waals surface area contributed by atoms with Crippen molar-refractivity contribution in [2.24, 2.45) is 23.7 Å². The van der Waals surface area contributed by atoms with Gasteiger partial charge in [-0.05, 0) is 60.7 Å². The van der Waals surface area contributed by atoms with E-state index in [2.05, 4.69) is 0 Å². The molecular weight excluding hydrogens is 794 g/mol. The summed E-state index contributed by atoms with van der Waals surface area (Å²) in [5, 5.41) is 12.1. The number of allylic oxidation sites excluding steroid dienone is 2. The van der Waals surface area contributed by atoms with E-state index in [0.717, 1.165) is 4.90 Å². The number of phenols is 1. The highest BCUT2D eigenvalue weighted by molar-refractivity contribution is 6.32. The highest BCUT2D eigenvalue weighted by Gasteiger charge is 2.71. The van der Waals surface area contributed by atoms with Gasteiger partial charge in [0.1, 0.15) is 17.2 Å². The number of ether oxygens (including phenoxy) is 2. The molecule has 6 atom stereocenters. The van der Waals surface area contributed by atoms with E-state index >= 15 is 4.79 Å². The van der Waals surface area contributed by atoms with Crippen molar-refractivity contribution < 1.29 is 60.1 Å². The van der Waals surface area contributed by atoms with Crippen LogP contribution in [0.2, 0.25) is 5.02 Å². The summed E-state index contributed by atoms with van der Waals surface area (Å²) in [5.74, 6) is -9.98. The average Bonchev–Trinajstić information content (AvgIpc) is 3.57. The molecule has 3 fully saturated rings. The van der Waals surface area contributed by atoms with E-state index in [1.54, 1.807) is 48.5 Å². The standard InChI is InChI=1S/C42H31ClF6N2O7/c1-57-26-17-31(52)34(32(18-26)58-2)35-27-11-12-28-33(38(55)50(36(28)53)25-14-21(41(44,45)46)13-22(15-25)42(47,48)49)29(27)19-30-37(54)51(24-10-6-9-23(43)16-24)39(56)40(30,35)20-7-4-3-5-8-20/h3-11,13-18,28-30,33,35,52H,12,19H2,1-2H3. The molecule has 4 aliphatic rings. The number of fused-ring (bicyclic) bond motifs is 4. The molecule has 0 spiro atoms. The van der Waals surface area contributed by atoms with E-state index in [1.165, 1.54) is 38.5 Å². The number of anilines is 2. The van der Waals surface area contributed by atoms with Crippen LogP contribution in [0.15, 0.2) is 96.6 Å². The van der Waals surface area contributed by atoms with Gasteiger partial charge in [0.15, 0.2) is 0 Å². The zero-order chi connectivity index (χ0) is 41.6. The monoisotopic (exact) mass is 824 g/mol. The molecule has 2 aliphatic carbocycles. The Morgan fingerprint density at radius 3 is 2.02 bits per heavy atom. The molecule has 8 rings (SSSR count). The molecule has 4 amide bonds. The first-order chi connectivity index (χ1) is 27.4. The Kier molecular flexibility index (Phi) is 9.18. The molecule has 16 heteroatoms. The summed E-state index contributed by atoms with van der Waals surface area (Å²) in [6.45, 7) is 0. The number of halogens is 7. The predicted octanol–water partition coefficient (Wildman–Crippen LogP) is 8.47. The van der Waals surface area contributed by atoms with Crippen molar-refractivity contribution in [2.45, 2.75) is 36.5 Å². The fourth-order valence-electron chi connectivity index (χ4n) is 9.54. The van der Waals surface area contributed by atoms with Gasteiger partial charge in [-0.3, -0.25) is 19.2 Å². The zero-order valence-electron chi connectivity index (χ0n) is 30.4. The largest absolute Gasteiger partial charge is 0.507 e. The maximum absolute atomic E-state index is 15.5. The minimum Gasteiger partial charge on any atom is -0.507 e. The van der Waals surface area contributed by atoms with Crippen LogP contribution >= 0.6 is 11.6 Å². The fourth-order valence-corrected chi connectivity index (χ4v) is 9.73. The second-order valence-corrected chi connectivity index (χ2v) is 15.1. The van der Waals surface area contributed by atoms with E-state index in [4.69, 9.17) is 21.1 Å². The molecular formula is C42H31ClF6N2O7. The molecule has 0 bridgehead atoms. The van der Waals surface area contributed by atoms with Gasteiger partial charge in [0.25, 0.3) is 0 Å². The van der Waals surface area contributed by atoms with Gasteiger partial charge in [0.2, 0.25) is 23.6 Å². The Balaban J connectivity index is 1.36. The molecule has 0 radical (unpaired) electrons. The number of hydrogen-bond donors (Lipinski definition) is 1. The summed E-state index contributed by atoms with van der Waals surface area (Å²) in [4.78, 5) is 60.5. The first-order valence-corrected chi connectivity index (χ1v) is 18.3. The minimum absolute atomic E-state index is 0.0418. The van der Waals surface area contributed by atoms with Crippen LogP contribution in [0.3, 0.4) is 0 Å². The highest BCUT2D eigenvalue weighted by Crippen LogP contribution is 2.66. The van der Waals surface area contributed by atoms with Crippen molar-refractivity contribution in [3.63, 3.8) is 0 Å². The summed E-state index contributed by atoms with van der Waals surface area (Å²) in [6.07, 6.45) is -9.37. The second kappa shape index (κ2) is 13.6. The third-order valence-electron chi connectivity index (χ3n) is 11.8. The average molecular weight is 825 g/mol. The van der Waals surface area contributed by atoms with Gasteiger partial charge in [-0.1, -0.05) is 59.6 Å². The summed E-state index contributed by atoms with van der Waals surface area (Å²) >= 11 is 6.34. The van der Waals surface area contributed by atoms with Gasteiger partial charge < -0.3 is 14.6 Å². The minimum atomic E-state index is -5.26. The lowest BCUT2D eigenvalue weighted by Gasteiger charge is -2.51. The predicted molar refractivity (Wildman–Crippen MR) is 196 cm³/mol. The van der Waals surface area contributed by atoms with Crippen LogP contribution < -0.4 is 19.3 Å². The number of aromatic hydroxyl groups is 1. The van der Waals surface area contributed by atoms with E-state index < -0.39 is 93.5 Å². The Morgan fingerprint density at radius 2 is 1.41 bits per heavy atom. The lowest BCUT2D eigenvalue weighted by molar-refractivity contribution is -0.143. The molecule has 0 aromatic heterocycles. The van der Waals surface area contributed by atoms with Gasteiger partial charge in [-0.25, -0.2) is 9.80 Å². The van der Waals surface area contributed by atoms with Crippen LogP contribution in [0.5, 0.6) is 17.2 Å². The molecule has 9 nitrogen and oxygen atoms in total. The van der Waals surface area contributed by atoms with E-state index in [9.17, 15) is 45.8 Å². The third kappa shape index (κ3) is 5.76. The summed E-state index contributed by atoms with van der Waals surface area (Å²) in [7, 11) is 2.67. The van der Waals surface area contributed by atoms with Crippen LogP contribution in [0.1, 0.15) is 41.0 Å². The van der Waals surface area contributed by atoms with Crippen LogP contribution in [-0.4, -0.2) is 43.0 Å². The number of carbonyl (C=O) groups is 4. The number of carbonyl (C=O) groups excluding carboxylic acids is 4. The molecule has 2 saturated heterocycles. The molecule has 300 valence electrons. The molecule has 6 unspecified atom stereocenters. The number of nitrogens with zero attached hydrogens (tertiary/aromatic N) is 2. The number of methoxy groups -OCH3 is 2. The van der Waals surface area contributed by atoms with Gasteiger partial charge >= 0.3 is 12.4 Å². The second-order valence-electron chi connectivity index (χ2n) is 14.6. The van der Waals surface area contributed by atoms with Gasteiger partial charge in [0, 0.05) is 28.6 Å². The molecule has 58 heavy (non-hydrogen) atoms. The van der Waals surface area contributed by atoms with Crippen LogP contribution in [0.4, 0.5) is 37.7 Å². The van der Waals surface area contributed by atoms with Gasteiger partial charge in [-0.2, -0.15) is 26.3 Å². The van der Waals surface area contributed by atoms with E-state index in [0.29, 0.717) is 28.2 Å². The van der Waals surface area contributed by atoms with Gasteiger partial charge in [-0.15, -0.1) is 0 Å². The maximum Gasteiger partial charge on any atom is 0.416 e. The Hall–Kier alpha value is -5.83. The number of alkyl halides is 6. The highest BCUT2D eigenvalue weighted by atomic mass is 35.5. The number of phenolic OH excluding ortho intramolecular Hbond substituents is 1. The Bertz CT molecular complexity index is 2400. The van der Waals surface area contributed by atoms with Crippen molar-refractivity contribution in [3.8, 4) is 17.2 Å². The smallest absolute Gasteiger partial charge is 0.416 e. The normalized spacial score (nSPS) is 25.7. The van der Waals surface area contributed by atoms with Crippen molar-refractivity contribution in [1.82, 2.24) is 0 Å². The topological polar surface area (TPSA) is 113 Å². The fraction of sp³-hybridized carbons (Fsp3) is 0.286. The van der Waals surface area contributed by atoms with Crippen molar-refractivity contribution >= 4 is 46.6 Å². The maximum atomic E-state index is 15.5. The van der Waals surface area contributed by atoms with E-state index in [-0.39, 0.29) is 46.7 Å². The number of rotatable bonds is 6. The molecule has 2 heterocycles. The number of amides is 4. The number of imide groups is 2. The lowest BCUT2D eigenvalue weighted by atomic mass is 9.49. The zero-order valence-corrected chi connectivity index (χ0v) is 31.2. The molecule has 1 N–H and O–H groups in total. The van der Waals surface area contributed by atoms with E-state index in [1.807, 2.05) is 0 Å². The first-order valence-electron chi connectivity index (χ1n) is 17.9. The summed E-state index contributed by atoms with van der Waals surface area (Å²) < 4.78 is 94.9. The van der Waals surface area contributed by atoms with Crippen molar-refractivity contribution in [2.75, 3.05) is 24.0 Å². The van der Waals surface area contributed by atoms with Crippen LogP contribution in [-0.2, 0) is 36.9 Å². The molecule has 4 aromatic carbocycles. The lowest BCUT2D eigenvalue weighted by Crippen LogP contribution is -2.53. The van der Waals surface area contributed by atoms with Gasteiger partial charge in [0.05, 0.1) is 59.9 Å². The first kappa shape index (κ1) is 39.0. The SMILES string of the molecule is COc1cc(O)c(C2C3=CCC4C(=O)N(c5cc(C(F)(F)F)cc(C(F)(F)F)c5)C(=O)C4C3CC3C(=O)N(c4cccc(Cl)c4)C(=O)C32c2ccccc2)c(OC)c1. The third-order valence-corrected chi connectivity index (χ3v) is 12.1. The van der Waals surface area contributed by atoms with Crippen LogP contribution in [0.25, 0.3) is 0 Å². The summed E-state index contributed by atoms with van der Waals surface area (Å²) in [6, 6.07) is 17.7. The Labute approximate surface area is 331 Å². The molecule has 1 saturated carbocycles. The van der Waals surface area contributed by atoms with Crippen molar-refractivity contribution in [3.05, 3.63) is 124 Å². The molecule has 2 aliphatic heterocycles. The number of benzene rings is 4. The van der Waals surface area contributed by atoms with Crippen LogP contribution in [0, 0.1) is 23.7 Å².